The van der Waals surface area contributed by atoms with Gasteiger partial charge in [-0.3, -0.25) is 4.79 Å². The minimum Gasteiger partial charge on any atom is -0.508 e. The molecule has 2 rings (SSSR count). The fraction of sp³-hybridized carbons (Fsp3) is 0.0667. The monoisotopic (exact) mass is 287 g/mol. The Labute approximate surface area is 120 Å². The van der Waals surface area contributed by atoms with Gasteiger partial charge in [0.25, 0.3) is 0 Å². The number of carbonyl (C=O) groups excluding carboxylic acids is 1. The number of hydrogen-bond acceptors (Lipinski definition) is 4. The number of hydrogen-bond donors (Lipinski definition) is 3. The summed E-state index contributed by atoms with van der Waals surface area (Å²) in [5.41, 5.74) is -0.0869. The SMILES string of the molecule is Cc1ccc(C=CC(=O)Nc2ccc(O)cc2C(=O)O)o1. The molecule has 0 aliphatic carbocycles. The van der Waals surface area contributed by atoms with Gasteiger partial charge in [-0.1, -0.05) is 0 Å². The molecule has 3 N–H and O–H groups in total. The quantitative estimate of drug-likeness (QED) is 0.593. The minimum absolute atomic E-state index is 0.102. The first-order chi connectivity index (χ1) is 9.95. The molecule has 1 aromatic carbocycles. The van der Waals surface area contributed by atoms with Crippen LogP contribution in [-0.2, 0) is 4.79 Å². The molecule has 0 bridgehead atoms. The standard InChI is InChI=1S/C15H13NO5/c1-9-2-4-11(21-9)5-7-14(18)16-13-6-3-10(17)8-12(13)15(19)20/h2-8,17H,1H3,(H,16,18)(H,19,20). The van der Waals surface area contributed by atoms with Crippen LogP contribution >= 0.6 is 0 Å². The van der Waals surface area contributed by atoms with Crippen LogP contribution in [0.25, 0.3) is 6.08 Å². The summed E-state index contributed by atoms with van der Waals surface area (Å²) < 4.78 is 5.27. The first-order valence-corrected chi connectivity index (χ1v) is 6.07. The van der Waals surface area contributed by atoms with Crippen LogP contribution in [0.2, 0.25) is 0 Å². The number of carboxylic acid groups (broad SMARTS) is 1. The summed E-state index contributed by atoms with van der Waals surface area (Å²) >= 11 is 0. The Morgan fingerprint density at radius 1 is 1.24 bits per heavy atom. The summed E-state index contributed by atoms with van der Waals surface area (Å²) in [5.74, 6) is -0.690. The Bertz CT molecular complexity index is 715. The van der Waals surface area contributed by atoms with E-state index in [0.717, 1.165) is 11.8 Å². The normalized spacial score (nSPS) is 10.7. The molecule has 0 saturated heterocycles. The summed E-state index contributed by atoms with van der Waals surface area (Å²) in [5, 5.41) is 20.7. The van der Waals surface area contributed by atoms with Crippen LogP contribution in [0.4, 0.5) is 5.69 Å². The van der Waals surface area contributed by atoms with Gasteiger partial charge in [0.2, 0.25) is 5.91 Å². The van der Waals surface area contributed by atoms with Crippen LogP contribution in [0.3, 0.4) is 0 Å². The summed E-state index contributed by atoms with van der Waals surface area (Å²) in [6, 6.07) is 7.16. The van der Waals surface area contributed by atoms with Crippen LogP contribution in [0.5, 0.6) is 5.75 Å². The number of aromatic carboxylic acids is 1. The highest BCUT2D eigenvalue weighted by Crippen LogP contribution is 2.21. The number of carbonyl (C=O) groups is 2. The van der Waals surface area contributed by atoms with Crippen molar-refractivity contribution in [3.05, 3.63) is 53.5 Å². The Balaban J connectivity index is 2.13. The molecule has 0 atom stereocenters. The molecule has 0 unspecified atom stereocenters. The number of phenols is 1. The smallest absolute Gasteiger partial charge is 0.337 e. The third-order valence-corrected chi connectivity index (χ3v) is 2.65. The van der Waals surface area contributed by atoms with Crippen LogP contribution in [0.1, 0.15) is 21.9 Å². The Morgan fingerprint density at radius 3 is 2.62 bits per heavy atom. The largest absolute Gasteiger partial charge is 0.508 e. The molecule has 108 valence electrons. The maximum atomic E-state index is 11.8. The average molecular weight is 287 g/mol. The van der Waals surface area contributed by atoms with Crippen LogP contribution in [0, 0.1) is 6.92 Å². The van der Waals surface area contributed by atoms with Gasteiger partial charge in [-0.05, 0) is 43.3 Å². The molecule has 1 amide bonds. The van der Waals surface area contributed by atoms with Gasteiger partial charge in [-0.2, -0.15) is 0 Å². The van der Waals surface area contributed by atoms with Crippen molar-refractivity contribution in [2.75, 3.05) is 5.32 Å². The summed E-state index contributed by atoms with van der Waals surface area (Å²) in [6.45, 7) is 1.78. The first-order valence-electron chi connectivity index (χ1n) is 6.07. The molecule has 0 saturated carbocycles. The highest BCUT2D eigenvalue weighted by atomic mass is 16.4. The predicted molar refractivity (Wildman–Crippen MR) is 76.2 cm³/mol. The summed E-state index contributed by atoms with van der Waals surface area (Å²) in [4.78, 5) is 22.8. The first kappa shape index (κ1) is 14.4. The van der Waals surface area contributed by atoms with E-state index in [4.69, 9.17) is 9.52 Å². The van der Waals surface area contributed by atoms with Crippen molar-refractivity contribution < 1.29 is 24.2 Å². The maximum absolute atomic E-state index is 11.8. The van der Waals surface area contributed by atoms with E-state index in [1.165, 1.54) is 24.3 Å². The van der Waals surface area contributed by atoms with Crippen LogP contribution in [-0.4, -0.2) is 22.1 Å². The van der Waals surface area contributed by atoms with E-state index in [1.807, 2.05) is 0 Å². The highest BCUT2D eigenvalue weighted by Gasteiger charge is 2.12. The lowest BCUT2D eigenvalue weighted by atomic mass is 10.1. The maximum Gasteiger partial charge on any atom is 0.337 e. The lowest BCUT2D eigenvalue weighted by molar-refractivity contribution is -0.111. The van der Waals surface area contributed by atoms with E-state index in [1.54, 1.807) is 19.1 Å². The van der Waals surface area contributed by atoms with E-state index >= 15 is 0 Å². The second-order valence-electron chi connectivity index (χ2n) is 4.31. The molecule has 0 aliphatic rings. The predicted octanol–water partition coefficient (Wildman–Crippen LogP) is 2.64. The van der Waals surface area contributed by atoms with Crippen LogP contribution in [0.15, 0.2) is 40.8 Å². The molecule has 1 aromatic heterocycles. The fourth-order valence-corrected chi connectivity index (χ4v) is 1.69. The number of furan rings is 1. The van der Waals surface area contributed by atoms with Crippen molar-refractivity contribution in [2.45, 2.75) is 6.92 Å². The number of amides is 1. The molecule has 0 spiro atoms. The van der Waals surface area contributed by atoms with Crippen molar-refractivity contribution in [1.29, 1.82) is 0 Å². The number of benzene rings is 1. The molecule has 0 fully saturated rings. The van der Waals surface area contributed by atoms with E-state index < -0.39 is 11.9 Å². The molecule has 21 heavy (non-hydrogen) atoms. The number of carboxylic acids is 1. The van der Waals surface area contributed by atoms with E-state index in [2.05, 4.69) is 5.32 Å². The van der Waals surface area contributed by atoms with Crippen molar-refractivity contribution in [2.24, 2.45) is 0 Å². The molecule has 0 radical (unpaired) electrons. The van der Waals surface area contributed by atoms with Crippen LogP contribution < -0.4 is 5.32 Å². The zero-order valence-electron chi connectivity index (χ0n) is 11.2. The lowest BCUT2D eigenvalue weighted by Gasteiger charge is -2.06. The van der Waals surface area contributed by atoms with Crippen molar-refractivity contribution in [3.8, 4) is 5.75 Å². The number of aromatic hydroxyl groups is 1. The molecule has 6 nitrogen and oxygen atoms in total. The average Bonchev–Trinajstić information content (AvgIpc) is 2.84. The van der Waals surface area contributed by atoms with Gasteiger partial charge in [0.15, 0.2) is 0 Å². The zero-order valence-corrected chi connectivity index (χ0v) is 11.2. The highest BCUT2D eigenvalue weighted by molar-refractivity contribution is 6.06. The minimum atomic E-state index is -1.24. The van der Waals surface area contributed by atoms with Gasteiger partial charge in [0.1, 0.15) is 17.3 Å². The Kier molecular flexibility index (Phi) is 4.08. The second-order valence-corrected chi connectivity index (χ2v) is 4.31. The third-order valence-electron chi connectivity index (χ3n) is 2.65. The molecular weight excluding hydrogens is 274 g/mol. The fourth-order valence-electron chi connectivity index (χ4n) is 1.69. The number of nitrogens with one attached hydrogen (secondary N) is 1. The van der Waals surface area contributed by atoms with Gasteiger partial charge in [0, 0.05) is 6.08 Å². The van der Waals surface area contributed by atoms with E-state index in [0.29, 0.717) is 5.76 Å². The topological polar surface area (TPSA) is 99.8 Å². The Hall–Kier alpha value is -3.02. The molecule has 0 aliphatic heterocycles. The van der Waals surface area contributed by atoms with Gasteiger partial charge in [-0.15, -0.1) is 0 Å². The Morgan fingerprint density at radius 2 is 2.00 bits per heavy atom. The van der Waals surface area contributed by atoms with E-state index in [-0.39, 0.29) is 17.0 Å². The van der Waals surface area contributed by atoms with E-state index in [9.17, 15) is 14.7 Å². The number of rotatable bonds is 4. The lowest BCUT2D eigenvalue weighted by Crippen LogP contribution is -2.11. The van der Waals surface area contributed by atoms with Crippen molar-refractivity contribution in [3.63, 3.8) is 0 Å². The van der Waals surface area contributed by atoms with Gasteiger partial charge >= 0.3 is 5.97 Å². The second kappa shape index (κ2) is 5.96. The van der Waals surface area contributed by atoms with Gasteiger partial charge in [0.05, 0.1) is 11.3 Å². The number of anilines is 1. The molecule has 2 aromatic rings. The zero-order chi connectivity index (χ0) is 15.4. The summed E-state index contributed by atoms with van der Waals surface area (Å²) in [6.07, 6.45) is 2.71. The van der Waals surface area contributed by atoms with Crippen molar-refractivity contribution in [1.82, 2.24) is 0 Å². The summed E-state index contributed by atoms with van der Waals surface area (Å²) in [7, 11) is 0. The van der Waals surface area contributed by atoms with Gasteiger partial charge in [-0.25, -0.2) is 4.79 Å². The van der Waals surface area contributed by atoms with Gasteiger partial charge < -0.3 is 19.9 Å². The number of aryl methyl sites for hydroxylation is 1. The molecule has 6 heteroatoms. The third kappa shape index (κ3) is 3.73. The molecule has 1 heterocycles. The van der Waals surface area contributed by atoms with Crippen molar-refractivity contribution >= 4 is 23.6 Å². The number of phenolic OH excluding ortho intramolecular Hbond substituents is 1. The molecular formula is C15H13NO5.